The third-order valence-electron chi connectivity index (χ3n) is 11.2. The minimum absolute atomic E-state index is 0.197. The van der Waals surface area contributed by atoms with Crippen molar-refractivity contribution >= 4 is 11.8 Å². The zero-order valence-corrected chi connectivity index (χ0v) is 35.7. The summed E-state index contributed by atoms with van der Waals surface area (Å²) in [5, 5.41) is 16.1. The van der Waals surface area contributed by atoms with Gasteiger partial charge in [-0.2, -0.15) is 0 Å². The average molecular weight is 736 g/mol. The third kappa shape index (κ3) is 35.9. The number of rotatable bonds is 42. The van der Waals surface area contributed by atoms with Crippen molar-refractivity contribution in [2.24, 2.45) is 11.8 Å². The van der Waals surface area contributed by atoms with Gasteiger partial charge in [0.2, 0.25) is 11.8 Å². The van der Waals surface area contributed by atoms with Crippen LogP contribution in [-0.4, -0.2) is 61.2 Å². The van der Waals surface area contributed by atoms with Gasteiger partial charge in [-0.05, 0) is 76.3 Å². The fourth-order valence-electron chi connectivity index (χ4n) is 7.72. The summed E-state index contributed by atoms with van der Waals surface area (Å²) in [6, 6.07) is 0. The topological polar surface area (TPSA) is 81.7 Å². The summed E-state index contributed by atoms with van der Waals surface area (Å²) in [5.74, 6) is 1.59. The van der Waals surface area contributed by atoms with Gasteiger partial charge in [0.15, 0.2) is 0 Å². The van der Waals surface area contributed by atoms with Crippen molar-refractivity contribution in [2.75, 3.05) is 39.3 Å². The van der Waals surface area contributed by atoms with Gasteiger partial charge in [0, 0.05) is 32.5 Å². The molecule has 0 spiro atoms. The molecule has 2 unspecified atom stereocenters. The number of aliphatic hydroxyl groups is 1. The van der Waals surface area contributed by atoms with E-state index in [1.807, 2.05) is 0 Å². The molecule has 0 aliphatic heterocycles. The quantitative estimate of drug-likeness (QED) is 0.0545. The lowest BCUT2D eigenvalue weighted by molar-refractivity contribution is -0.123. The Hall–Kier alpha value is -1.14. The maximum atomic E-state index is 12.8. The summed E-state index contributed by atoms with van der Waals surface area (Å²) in [6.45, 7) is 13.6. The zero-order valence-electron chi connectivity index (χ0n) is 35.7. The maximum Gasteiger partial charge on any atom is 0.220 e. The first-order valence-electron chi connectivity index (χ1n) is 23.4. The van der Waals surface area contributed by atoms with Crippen molar-refractivity contribution in [3.05, 3.63) is 0 Å². The minimum Gasteiger partial charge on any atom is -0.395 e. The molecule has 0 fully saturated rings. The second-order valence-corrected chi connectivity index (χ2v) is 16.3. The maximum absolute atomic E-state index is 12.8. The van der Waals surface area contributed by atoms with Gasteiger partial charge in [-0.1, -0.05) is 169 Å². The molecule has 0 rings (SSSR count). The van der Waals surface area contributed by atoms with Gasteiger partial charge in [-0.25, -0.2) is 0 Å². The van der Waals surface area contributed by atoms with Gasteiger partial charge in [0.1, 0.15) is 0 Å². The second kappa shape index (κ2) is 41.0. The Labute approximate surface area is 325 Å². The van der Waals surface area contributed by atoms with Crippen molar-refractivity contribution in [3.8, 4) is 0 Å². The van der Waals surface area contributed by atoms with Crippen LogP contribution in [0.5, 0.6) is 0 Å². The molecule has 0 aromatic heterocycles. The van der Waals surface area contributed by atoms with Crippen molar-refractivity contribution in [2.45, 2.75) is 233 Å². The standard InChI is InChI=1S/C46H93N3O3/c1-5-9-13-17-19-25-33-43(31-23-15-11-7-3)41-45(51)47-35-27-21-29-37-49(39-40-50)38-30-22-28-36-48-46(52)42-44(32-24-16-12-8-4)34-26-20-18-14-10-6-2/h43-44,50H,5-42H2,1-4H3,(H,47,51)(H,48,52). The van der Waals surface area contributed by atoms with Gasteiger partial charge in [0.25, 0.3) is 0 Å². The predicted octanol–water partition coefficient (Wildman–Crippen LogP) is 12.3. The summed E-state index contributed by atoms with van der Waals surface area (Å²) in [7, 11) is 0. The molecule has 0 saturated heterocycles. The number of aliphatic hydroxyl groups excluding tert-OH is 1. The Bertz CT molecular complexity index is 690. The molecule has 310 valence electrons. The highest BCUT2D eigenvalue weighted by molar-refractivity contribution is 5.76. The van der Waals surface area contributed by atoms with Crippen LogP contribution in [0, 0.1) is 11.8 Å². The monoisotopic (exact) mass is 736 g/mol. The highest BCUT2D eigenvalue weighted by Crippen LogP contribution is 2.23. The molecular weight excluding hydrogens is 643 g/mol. The number of amides is 2. The second-order valence-electron chi connectivity index (χ2n) is 16.3. The average Bonchev–Trinajstić information content (AvgIpc) is 3.13. The molecule has 2 atom stereocenters. The van der Waals surface area contributed by atoms with Crippen LogP contribution < -0.4 is 10.6 Å². The number of nitrogens with one attached hydrogen (secondary N) is 2. The van der Waals surface area contributed by atoms with Crippen molar-refractivity contribution in [1.29, 1.82) is 0 Å². The minimum atomic E-state index is 0.197. The van der Waals surface area contributed by atoms with Crippen LogP contribution in [0.2, 0.25) is 0 Å². The Morgan fingerprint density at radius 3 is 1.08 bits per heavy atom. The van der Waals surface area contributed by atoms with Crippen LogP contribution >= 0.6 is 0 Å². The molecule has 0 saturated carbocycles. The largest absolute Gasteiger partial charge is 0.395 e. The summed E-state index contributed by atoms with van der Waals surface area (Å²) in [6.07, 6.45) is 38.8. The van der Waals surface area contributed by atoms with Crippen LogP contribution in [0.4, 0.5) is 0 Å². The fourth-order valence-corrected chi connectivity index (χ4v) is 7.72. The van der Waals surface area contributed by atoms with Crippen molar-refractivity contribution in [3.63, 3.8) is 0 Å². The molecule has 0 aliphatic rings. The van der Waals surface area contributed by atoms with E-state index in [0.29, 0.717) is 24.7 Å². The van der Waals surface area contributed by atoms with Crippen LogP contribution in [-0.2, 0) is 9.59 Å². The summed E-state index contributed by atoms with van der Waals surface area (Å²) in [5.41, 5.74) is 0. The van der Waals surface area contributed by atoms with E-state index in [9.17, 15) is 14.7 Å². The molecule has 2 amide bonds. The van der Waals surface area contributed by atoms with Crippen LogP contribution in [0.1, 0.15) is 233 Å². The molecule has 0 aromatic rings. The SMILES string of the molecule is CCCCCCCCC(CCCCCC)CC(=O)NCCCCCN(CCO)CCCCCNC(=O)CC(CCCCCC)CCCCCCCC. The first kappa shape index (κ1) is 50.9. The smallest absolute Gasteiger partial charge is 0.220 e. The number of hydrogen-bond acceptors (Lipinski definition) is 4. The van der Waals surface area contributed by atoms with Crippen LogP contribution in [0.3, 0.4) is 0 Å². The lowest BCUT2D eigenvalue weighted by Gasteiger charge is -2.21. The molecule has 0 heterocycles. The number of hydrogen-bond donors (Lipinski definition) is 3. The van der Waals surface area contributed by atoms with E-state index < -0.39 is 0 Å². The van der Waals surface area contributed by atoms with Gasteiger partial charge in [-0.3, -0.25) is 9.59 Å². The van der Waals surface area contributed by atoms with Crippen LogP contribution in [0.25, 0.3) is 0 Å². The molecule has 3 N–H and O–H groups in total. The van der Waals surface area contributed by atoms with Crippen molar-refractivity contribution in [1.82, 2.24) is 15.5 Å². The van der Waals surface area contributed by atoms with E-state index in [0.717, 1.165) is 71.2 Å². The summed E-state index contributed by atoms with van der Waals surface area (Å²) < 4.78 is 0. The van der Waals surface area contributed by atoms with E-state index in [4.69, 9.17) is 0 Å². The number of unbranched alkanes of at least 4 members (excludes halogenated alkanes) is 20. The fraction of sp³-hybridized carbons (Fsp3) is 0.957. The molecule has 6 nitrogen and oxygen atoms in total. The third-order valence-corrected chi connectivity index (χ3v) is 11.2. The highest BCUT2D eigenvalue weighted by Gasteiger charge is 2.15. The number of carbonyl (C=O) groups is 2. The highest BCUT2D eigenvalue weighted by atomic mass is 16.3. The normalized spacial score (nSPS) is 12.7. The Morgan fingerprint density at radius 2 is 0.731 bits per heavy atom. The van der Waals surface area contributed by atoms with Gasteiger partial charge < -0.3 is 20.6 Å². The van der Waals surface area contributed by atoms with Gasteiger partial charge in [0.05, 0.1) is 6.61 Å². The van der Waals surface area contributed by atoms with E-state index in [2.05, 4.69) is 43.2 Å². The van der Waals surface area contributed by atoms with Crippen molar-refractivity contribution < 1.29 is 14.7 Å². The van der Waals surface area contributed by atoms with Gasteiger partial charge >= 0.3 is 0 Å². The molecule has 6 heteroatoms. The van der Waals surface area contributed by atoms with Gasteiger partial charge in [-0.15, -0.1) is 0 Å². The number of carbonyl (C=O) groups excluding carboxylic acids is 2. The number of nitrogens with zero attached hydrogens (tertiary/aromatic N) is 1. The Kier molecular flexibility index (Phi) is 40.1. The zero-order chi connectivity index (χ0) is 38.2. The molecular formula is C46H93N3O3. The molecule has 0 radical (unpaired) electrons. The molecule has 52 heavy (non-hydrogen) atoms. The first-order valence-corrected chi connectivity index (χ1v) is 23.4. The van der Waals surface area contributed by atoms with E-state index in [1.165, 1.54) is 154 Å². The Balaban J connectivity index is 4.21. The molecule has 0 bridgehead atoms. The van der Waals surface area contributed by atoms with E-state index in [1.54, 1.807) is 0 Å². The molecule has 0 aromatic carbocycles. The van der Waals surface area contributed by atoms with E-state index >= 15 is 0 Å². The summed E-state index contributed by atoms with van der Waals surface area (Å²) in [4.78, 5) is 27.9. The summed E-state index contributed by atoms with van der Waals surface area (Å²) >= 11 is 0. The van der Waals surface area contributed by atoms with Crippen LogP contribution in [0.15, 0.2) is 0 Å². The van der Waals surface area contributed by atoms with E-state index in [-0.39, 0.29) is 18.4 Å². The predicted molar refractivity (Wildman–Crippen MR) is 227 cm³/mol. The lowest BCUT2D eigenvalue weighted by Crippen LogP contribution is -2.30. The lowest BCUT2D eigenvalue weighted by atomic mass is 9.91. The Morgan fingerprint density at radius 1 is 0.423 bits per heavy atom. The molecule has 0 aliphatic carbocycles. The first-order chi connectivity index (χ1) is 25.5.